The summed E-state index contributed by atoms with van der Waals surface area (Å²) in [5, 5.41) is 3.32. The van der Waals surface area contributed by atoms with Gasteiger partial charge >= 0.3 is 0 Å². The molecule has 0 fully saturated rings. The second kappa shape index (κ2) is 7.34. The Balaban J connectivity index is 2.67. The molecule has 0 radical (unpaired) electrons. The fraction of sp³-hybridized carbons (Fsp3) is 0.667. The Kier molecular flexibility index (Phi) is 6.09. The first-order valence-electron chi connectivity index (χ1n) is 7.08. The predicted molar refractivity (Wildman–Crippen MR) is 79.0 cm³/mol. The van der Waals surface area contributed by atoms with E-state index in [-0.39, 0.29) is 11.9 Å². The van der Waals surface area contributed by atoms with Gasteiger partial charge in [0.05, 0.1) is 0 Å². The van der Waals surface area contributed by atoms with Crippen LogP contribution in [-0.4, -0.2) is 35.5 Å². The molecule has 108 valence electrons. The molecule has 1 unspecified atom stereocenters. The number of hydrogen-bond donors (Lipinski definition) is 1. The van der Waals surface area contributed by atoms with Crippen LogP contribution in [-0.2, 0) is 11.3 Å². The second-order valence-electron chi connectivity index (χ2n) is 5.35. The highest BCUT2D eigenvalue weighted by Crippen LogP contribution is 2.18. The monoisotopic (exact) mass is 265 g/mol. The van der Waals surface area contributed by atoms with Crippen LogP contribution in [0.1, 0.15) is 45.2 Å². The maximum absolute atomic E-state index is 12.0. The van der Waals surface area contributed by atoms with Crippen LogP contribution in [0.15, 0.2) is 18.5 Å². The number of carbonyl (C=O) groups excluding carboxylic acids is 1. The van der Waals surface area contributed by atoms with E-state index in [1.807, 2.05) is 38.7 Å². The first kappa shape index (κ1) is 15.8. The van der Waals surface area contributed by atoms with Gasteiger partial charge in [0, 0.05) is 31.5 Å². The maximum Gasteiger partial charge on any atom is 0.242 e. The van der Waals surface area contributed by atoms with Crippen molar-refractivity contribution in [1.82, 2.24) is 14.8 Å². The van der Waals surface area contributed by atoms with E-state index >= 15 is 0 Å². The van der Waals surface area contributed by atoms with Gasteiger partial charge in [0.15, 0.2) is 0 Å². The van der Waals surface area contributed by atoms with Crippen molar-refractivity contribution in [3.05, 3.63) is 24.0 Å². The largest absolute Gasteiger partial charge is 0.345 e. The standard InChI is InChI=1S/C15H27N3O/c1-6-7-14(16-4)13-8-9-18(10-13)11-15(19)17(5)12(2)3/h8-10,12,14,16H,6-7,11H2,1-5H3. The predicted octanol–water partition coefficient (Wildman–Crippen LogP) is 2.42. The Bertz CT molecular complexity index is 398. The minimum Gasteiger partial charge on any atom is -0.345 e. The molecule has 1 aromatic heterocycles. The van der Waals surface area contributed by atoms with Crippen LogP contribution < -0.4 is 5.32 Å². The lowest BCUT2D eigenvalue weighted by atomic mass is 10.1. The van der Waals surface area contributed by atoms with Crippen LogP contribution in [0.3, 0.4) is 0 Å². The van der Waals surface area contributed by atoms with Crippen LogP contribution >= 0.6 is 0 Å². The third kappa shape index (κ3) is 4.39. The van der Waals surface area contributed by atoms with Gasteiger partial charge in [0.25, 0.3) is 0 Å². The second-order valence-corrected chi connectivity index (χ2v) is 5.35. The van der Waals surface area contributed by atoms with Crippen molar-refractivity contribution in [2.24, 2.45) is 0 Å². The molecule has 4 heteroatoms. The fourth-order valence-corrected chi connectivity index (χ4v) is 2.09. The zero-order valence-electron chi connectivity index (χ0n) is 12.8. The molecule has 1 amide bonds. The van der Waals surface area contributed by atoms with Gasteiger partial charge in [0.1, 0.15) is 6.54 Å². The van der Waals surface area contributed by atoms with Crippen molar-refractivity contribution in [2.45, 2.75) is 52.2 Å². The highest BCUT2D eigenvalue weighted by molar-refractivity contribution is 5.76. The quantitative estimate of drug-likeness (QED) is 0.822. The maximum atomic E-state index is 12.0. The van der Waals surface area contributed by atoms with E-state index in [0.29, 0.717) is 12.6 Å². The van der Waals surface area contributed by atoms with Crippen molar-refractivity contribution < 1.29 is 4.79 Å². The smallest absolute Gasteiger partial charge is 0.242 e. The zero-order chi connectivity index (χ0) is 14.4. The summed E-state index contributed by atoms with van der Waals surface area (Å²) >= 11 is 0. The van der Waals surface area contributed by atoms with Crippen molar-refractivity contribution in [2.75, 3.05) is 14.1 Å². The highest BCUT2D eigenvalue weighted by Gasteiger charge is 2.14. The van der Waals surface area contributed by atoms with Crippen molar-refractivity contribution in [3.63, 3.8) is 0 Å². The first-order valence-corrected chi connectivity index (χ1v) is 7.08. The summed E-state index contributed by atoms with van der Waals surface area (Å²) in [5.41, 5.74) is 1.25. The van der Waals surface area contributed by atoms with Crippen LogP contribution in [0, 0.1) is 0 Å². The molecule has 19 heavy (non-hydrogen) atoms. The van der Waals surface area contributed by atoms with Gasteiger partial charge < -0.3 is 14.8 Å². The SMILES string of the molecule is CCCC(NC)c1ccn(CC(=O)N(C)C(C)C)c1. The highest BCUT2D eigenvalue weighted by atomic mass is 16.2. The van der Waals surface area contributed by atoms with Crippen molar-refractivity contribution in [1.29, 1.82) is 0 Å². The summed E-state index contributed by atoms with van der Waals surface area (Å²) in [5.74, 6) is 0.147. The number of hydrogen-bond acceptors (Lipinski definition) is 2. The van der Waals surface area contributed by atoms with E-state index in [4.69, 9.17) is 0 Å². The summed E-state index contributed by atoms with van der Waals surface area (Å²) < 4.78 is 1.97. The topological polar surface area (TPSA) is 37.3 Å². The Labute approximate surface area is 116 Å². The fourth-order valence-electron chi connectivity index (χ4n) is 2.09. The molecule has 0 aliphatic carbocycles. The molecule has 1 rings (SSSR count). The van der Waals surface area contributed by atoms with Gasteiger partial charge in [-0.05, 0) is 38.9 Å². The summed E-state index contributed by atoms with van der Waals surface area (Å²) in [6.45, 7) is 6.65. The lowest BCUT2D eigenvalue weighted by Crippen LogP contribution is -2.35. The van der Waals surface area contributed by atoms with E-state index in [1.165, 1.54) is 5.56 Å². The number of carbonyl (C=O) groups is 1. The Morgan fingerprint density at radius 1 is 1.47 bits per heavy atom. The summed E-state index contributed by atoms with van der Waals surface area (Å²) in [4.78, 5) is 13.8. The molecule has 0 bridgehead atoms. The number of amides is 1. The zero-order valence-corrected chi connectivity index (χ0v) is 12.8. The molecule has 0 spiro atoms. The van der Waals surface area contributed by atoms with E-state index in [2.05, 4.69) is 24.5 Å². The van der Waals surface area contributed by atoms with E-state index in [0.717, 1.165) is 12.8 Å². The third-order valence-electron chi connectivity index (χ3n) is 3.59. The van der Waals surface area contributed by atoms with Crippen LogP contribution in [0.4, 0.5) is 0 Å². The summed E-state index contributed by atoms with van der Waals surface area (Å²) in [7, 11) is 3.83. The molecule has 4 nitrogen and oxygen atoms in total. The van der Waals surface area contributed by atoms with Gasteiger partial charge in [-0.3, -0.25) is 4.79 Å². The molecular formula is C15H27N3O. The molecule has 0 saturated carbocycles. The minimum atomic E-state index is 0.147. The molecule has 0 aromatic carbocycles. The number of nitrogens with one attached hydrogen (secondary N) is 1. The molecule has 1 aromatic rings. The Morgan fingerprint density at radius 2 is 2.16 bits per heavy atom. The Morgan fingerprint density at radius 3 is 2.68 bits per heavy atom. The number of rotatable bonds is 7. The molecule has 0 aliphatic heterocycles. The van der Waals surface area contributed by atoms with E-state index < -0.39 is 0 Å². The van der Waals surface area contributed by atoms with Gasteiger partial charge in [-0.15, -0.1) is 0 Å². The average Bonchev–Trinajstić information content (AvgIpc) is 2.82. The van der Waals surface area contributed by atoms with Gasteiger partial charge in [0.2, 0.25) is 5.91 Å². The lowest BCUT2D eigenvalue weighted by Gasteiger charge is -2.21. The first-order chi connectivity index (χ1) is 8.99. The van der Waals surface area contributed by atoms with Gasteiger partial charge in [-0.25, -0.2) is 0 Å². The lowest BCUT2D eigenvalue weighted by molar-refractivity contribution is -0.131. The minimum absolute atomic E-state index is 0.147. The van der Waals surface area contributed by atoms with Gasteiger partial charge in [-0.2, -0.15) is 0 Å². The van der Waals surface area contributed by atoms with Crippen molar-refractivity contribution in [3.8, 4) is 0 Å². The summed E-state index contributed by atoms with van der Waals surface area (Å²) in [6.07, 6.45) is 6.32. The molecular weight excluding hydrogens is 238 g/mol. The molecule has 0 saturated heterocycles. The normalized spacial score (nSPS) is 12.7. The van der Waals surface area contributed by atoms with Crippen LogP contribution in [0.25, 0.3) is 0 Å². The van der Waals surface area contributed by atoms with Crippen LogP contribution in [0.2, 0.25) is 0 Å². The van der Waals surface area contributed by atoms with Crippen LogP contribution in [0.5, 0.6) is 0 Å². The number of nitrogens with zero attached hydrogens (tertiary/aromatic N) is 2. The van der Waals surface area contributed by atoms with Crippen molar-refractivity contribution >= 4 is 5.91 Å². The molecule has 1 atom stereocenters. The summed E-state index contributed by atoms with van der Waals surface area (Å²) in [6, 6.07) is 2.72. The Hall–Kier alpha value is -1.29. The molecule has 0 aliphatic rings. The average molecular weight is 265 g/mol. The third-order valence-corrected chi connectivity index (χ3v) is 3.59. The molecule has 1 heterocycles. The number of aromatic nitrogens is 1. The molecule has 1 N–H and O–H groups in total. The number of likely N-dealkylation sites (N-methyl/N-ethyl adjacent to an activating group) is 1. The van der Waals surface area contributed by atoms with Gasteiger partial charge in [-0.1, -0.05) is 13.3 Å². The van der Waals surface area contributed by atoms with E-state index in [1.54, 1.807) is 4.90 Å². The van der Waals surface area contributed by atoms with E-state index in [9.17, 15) is 4.79 Å².